The Morgan fingerprint density at radius 3 is 3.00 bits per heavy atom. The molecule has 3 nitrogen and oxygen atoms in total. The number of hydrogen-bond acceptors (Lipinski definition) is 1. The number of hydrogen-bond donors (Lipinski definition) is 2. The molecule has 1 aromatic carbocycles. The van der Waals surface area contributed by atoms with Crippen LogP contribution in [0.15, 0.2) is 36.5 Å². The maximum absolute atomic E-state index is 5.37. The predicted molar refractivity (Wildman–Crippen MR) is 88.7 cm³/mol. The van der Waals surface area contributed by atoms with Crippen LogP contribution in [0.2, 0.25) is 0 Å². The normalized spacial score (nSPS) is 15.2. The number of fused-ring (bicyclic) bond motifs is 1. The van der Waals surface area contributed by atoms with Gasteiger partial charge in [0.1, 0.15) is 0 Å². The van der Waals surface area contributed by atoms with Crippen LogP contribution in [-0.2, 0) is 0 Å². The molecule has 20 heavy (non-hydrogen) atoms. The third kappa shape index (κ3) is 2.43. The largest absolute Gasteiger partial charge is 0.363 e. The van der Waals surface area contributed by atoms with Crippen LogP contribution in [0.4, 0.5) is 0 Å². The van der Waals surface area contributed by atoms with E-state index in [0.717, 1.165) is 31.2 Å². The molecule has 2 heterocycles. The molecule has 1 aromatic heterocycles. The van der Waals surface area contributed by atoms with Crippen molar-refractivity contribution in [2.45, 2.75) is 13.3 Å². The molecule has 2 aromatic rings. The molecule has 0 atom stereocenters. The van der Waals surface area contributed by atoms with Crippen LogP contribution >= 0.6 is 12.2 Å². The standard InChI is InChI=1S/C16H19N3S/c1-2-17-16(20)19-9-7-12(8-10-19)14-11-18-15-6-4-3-5-13(14)15/h3-7,11,18H,2,8-10H2,1H3,(H,17,20). The van der Waals surface area contributed by atoms with E-state index in [1.165, 1.54) is 22.0 Å². The van der Waals surface area contributed by atoms with Crippen LogP contribution in [0.5, 0.6) is 0 Å². The maximum atomic E-state index is 5.37. The van der Waals surface area contributed by atoms with Crippen LogP contribution < -0.4 is 5.32 Å². The van der Waals surface area contributed by atoms with Gasteiger partial charge in [0, 0.05) is 42.3 Å². The van der Waals surface area contributed by atoms with Gasteiger partial charge in [-0.3, -0.25) is 0 Å². The molecule has 0 saturated carbocycles. The van der Waals surface area contributed by atoms with Gasteiger partial charge in [-0.05, 0) is 37.2 Å². The average molecular weight is 285 g/mol. The molecule has 1 aliphatic heterocycles. The van der Waals surface area contributed by atoms with Gasteiger partial charge in [0.05, 0.1) is 0 Å². The van der Waals surface area contributed by atoms with Crippen molar-refractivity contribution in [3.05, 3.63) is 42.1 Å². The van der Waals surface area contributed by atoms with Crippen molar-refractivity contribution in [2.75, 3.05) is 19.6 Å². The Morgan fingerprint density at radius 2 is 2.25 bits per heavy atom. The van der Waals surface area contributed by atoms with Gasteiger partial charge < -0.3 is 15.2 Å². The molecule has 0 aliphatic carbocycles. The van der Waals surface area contributed by atoms with E-state index in [-0.39, 0.29) is 0 Å². The van der Waals surface area contributed by atoms with Crippen LogP contribution in [0, 0.1) is 0 Å². The Labute approximate surface area is 124 Å². The summed E-state index contributed by atoms with van der Waals surface area (Å²) in [6.07, 6.45) is 5.45. The second-order valence-corrected chi connectivity index (χ2v) is 5.40. The molecule has 0 saturated heterocycles. The fourth-order valence-electron chi connectivity index (χ4n) is 2.70. The summed E-state index contributed by atoms with van der Waals surface area (Å²) in [6, 6.07) is 8.45. The molecule has 0 fully saturated rings. The highest BCUT2D eigenvalue weighted by atomic mass is 32.1. The van der Waals surface area contributed by atoms with Gasteiger partial charge in [-0.2, -0.15) is 0 Å². The number of nitrogens with zero attached hydrogens (tertiary/aromatic N) is 1. The Hall–Kier alpha value is -1.81. The van der Waals surface area contributed by atoms with Gasteiger partial charge in [-0.1, -0.05) is 24.3 Å². The lowest BCUT2D eigenvalue weighted by molar-refractivity contribution is 0.452. The van der Waals surface area contributed by atoms with Crippen molar-refractivity contribution in [2.24, 2.45) is 0 Å². The number of aromatic nitrogens is 1. The number of H-pyrrole nitrogens is 1. The van der Waals surface area contributed by atoms with E-state index in [4.69, 9.17) is 12.2 Å². The number of rotatable bonds is 2. The van der Waals surface area contributed by atoms with Crippen molar-refractivity contribution < 1.29 is 0 Å². The summed E-state index contributed by atoms with van der Waals surface area (Å²) in [4.78, 5) is 5.57. The first-order valence-corrected chi connectivity index (χ1v) is 7.48. The first-order chi connectivity index (χ1) is 9.79. The van der Waals surface area contributed by atoms with E-state index in [9.17, 15) is 0 Å². The molecule has 2 N–H and O–H groups in total. The zero-order chi connectivity index (χ0) is 13.9. The van der Waals surface area contributed by atoms with E-state index in [1.54, 1.807) is 0 Å². The Morgan fingerprint density at radius 1 is 1.40 bits per heavy atom. The summed E-state index contributed by atoms with van der Waals surface area (Å²) < 4.78 is 0. The highest BCUT2D eigenvalue weighted by Gasteiger charge is 2.16. The number of benzene rings is 1. The van der Waals surface area contributed by atoms with E-state index >= 15 is 0 Å². The topological polar surface area (TPSA) is 31.1 Å². The predicted octanol–water partition coefficient (Wildman–Crippen LogP) is 3.15. The molecule has 0 bridgehead atoms. The summed E-state index contributed by atoms with van der Waals surface area (Å²) in [5.74, 6) is 0. The molecule has 4 heteroatoms. The number of nitrogens with one attached hydrogen (secondary N) is 2. The fraction of sp³-hybridized carbons (Fsp3) is 0.312. The minimum absolute atomic E-state index is 0.863. The van der Waals surface area contributed by atoms with E-state index in [0.29, 0.717) is 0 Å². The zero-order valence-electron chi connectivity index (χ0n) is 11.6. The molecule has 0 unspecified atom stereocenters. The smallest absolute Gasteiger partial charge is 0.169 e. The highest BCUT2D eigenvalue weighted by molar-refractivity contribution is 7.80. The molecule has 0 amide bonds. The molecule has 0 radical (unpaired) electrons. The van der Waals surface area contributed by atoms with Crippen LogP contribution in [0.25, 0.3) is 16.5 Å². The van der Waals surface area contributed by atoms with Gasteiger partial charge in [-0.25, -0.2) is 0 Å². The lowest BCUT2D eigenvalue weighted by Gasteiger charge is -2.28. The van der Waals surface area contributed by atoms with E-state index in [2.05, 4.69) is 58.7 Å². The van der Waals surface area contributed by atoms with E-state index < -0.39 is 0 Å². The van der Waals surface area contributed by atoms with Crippen molar-refractivity contribution in [1.82, 2.24) is 15.2 Å². The van der Waals surface area contributed by atoms with Crippen molar-refractivity contribution >= 4 is 33.8 Å². The maximum Gasteiger partial charge on any atom is 0.169 e. The molecule has 0 spiro atoms. The van der Waals surface area contributed by atoms with E-state index in [1.807, 2.05) is 0 Å². The summed E-state index contributed by atoms with van der Waals surface area (Å²) in [5, 5.41) is 5.39. The quantitative estimate of drug-likeness (QED) is 0.831. The van der Waals surface area contributed by atoms with Crippen molar-refractivity contribution in [3.63, 3.8) is 0 Å². The van der Waals surface area contributed by atoms with Crippen molar-refractivity contribution in [3.8, 4) is 0 Å². The molecular weight excluding hydrogens is 266 g/mol. The second kappa shape index (κ2) is 5.67. The first-order valence-electron chi connectivity index (χ1n) is 7.08. The monoisotopic (exact) mass is 285 g/mol. The summed E-state index contributed by atoms with van der Waals surface area (Å²) >= 11 is 5.37. The minimum atomic E-state index is 0.863. The molecule has 104 valence electrons. The molecule has 3 rings (SSSR count). The summed E-state index contributed by atoms with van der Waals surface area (Å²) in [5.41, 5.74) is 3.95. The van der Waals surface area contributed by atoms with Crippen molar-refractivity contribution in [1.29, 1.82) is 0 Å². The van der Waals surface area contributed by atoms with Crippen LogP contribution in [-0.4, -0.2) is 34.6 Å². The number of thiocarbonyl (C=S) groups is 1. The summed E-state index contributed by atoms with van der Waals surface area (Å²) in [6.45, 7) is 4.83. The zero-order valence-corrected chi connectivity index (χ0v) is 12.5. The molecular formula is C16H19N3S. The van der Waals surface area contributed by atoms with Crippen LogP contribution in [0.3, 0.4) is 0 Å². The Bertz CT molecular complexity index is 657. The Kier molecular flexibility index (Phi) is 3.74. The van der Waals surface area contributed by atoms with Gasteiger partial charge in [-0.15, -0.1) is 0 Å². The van der Waals surface area contributed by atoms with Gasteiger partial charge in [0.2, 0.25) is 0 Å². The lowest BCUT2D eigenvalue weighted by Crippen LogP contribution is -2.41. The molecule has 1 aliphatic rings. The van der Waals surface area contributed by atoms with Crippen LogP contribution in [0.1, 0.15) is 18.9 Å². The SMILES string of the molecule is CCNC(=S)N1CC=C(c2c[nH]c3ccccc23)CC1. The Balaban J connectivity index is 1.81. The van der Waals surface area contributed by atoms with Gasteiger partial charge >= 0.3 is 0 Å². The number of aromatic amines is 1. The highest BCUT2D eigenvalue weighted by Crippen LogP contribution is 2.29. The summed E-state index contributed by atoms with van der Waals surface area (Å²) in [7, 11) is 0. The number of para-hydroxylation sites is 1. The minimum Gasteiger partial charge on any atom is -0.363 e. The van der Waals surface area contributed by atoms with Gasteiger partial charge in [0.15, 0.2) is 5.11 Å². The third-order valence-electron chi connectivity index (χ3n) is 3.76. The fourth-order valence-corrected chi connectivity index (χ4v) is 3.01. The second-order valence-electron chi connectivity index (χ2n) is 5.01. The first kappa shape index (κ1) is 13.2. The van der Waals surface area contributed by atoms with Gasteiger partial charge in [0.25, 0.3) is 0 Å². The third-order valence-corrected chi connectivity index (χ3v) is 4.16. The average Bonchev–Trinajstić information content (AvgIpc) is 2.92. The lowest BCUT2D eigenvalue weighted by atomic mass is 9.99.